The molecule has 0 radical (unpaired) electrons. The van der Waals surface area contributed by atoms with E-state index in [0.29, 0.717) is 45.2 Å². The SMILES string of the molecule is CN1CC(=O)NCC(=O)NCCC(=O)N[C@@H](CCCCN)C(=O)N[C@@H](CCCCN)C(=O)NCOCC[C@@H](N=C(N)N)C1=O.O=C(O)C(F)(F)F. The van der Waals surface area contributed by atoms with E-state index < -0.39 is 65.7 Å². The lowest BCUT2D eigenvalue weighted by molar-refractivity contribution is -0.192. The number of alkyl halides is 3. The van der Waals surface area contributed by atoms with Crippen molar-refractivity contribution in [3.05, 3.63) is 0 Å². The lowest BCUT2D eigenvalue weighted by Gasteiger charge is -2.23. The lowest BCUT2D eigenvalue weighted by Crippen LogP contribution is -2.54. The summed E-state index contributed by atoms with van der Waals surface area (Å²) in [5, 5.41) is 20.0. The average molecular weight is 742 g/mol. The van der Waals surface area contributed by atoms with Crippen LogP contribution in [0.2, 0.25) is 0 Å². The van der Waals surface area contributed by atoms with E-state index in [1.165, 1.54) is 7.05 Å². The van der Waals surface area contributed by atoms with E-state index in [9.17, 15) is 41.9 Å². The Morgan fingerprint density at radius 1 is 0.882 bits per heavy atom. The first-order valence-corrected chi connectivity index (χ1v) is 15.9. The van der Waals surface area contributed by atoms with E-state index in [1.807, 2.05) is 0 Å². The van der Waals surface area contributed by atoms with Crippen LogP contribution in [0.15, 0.2) is 4.99 Å². The Bertz CT molecular complexity index is 1190. The number of rotatable bonds is 9. The van der Waals surface area contributed by atoms with Crippen LogP contribution >= 0.6 is 0 Å². The molecule has 0 bridgehead atoms. The molecule has 292 valence electrons. The number of hydrogen-bond donors (Lipinski definition) is 10. The van der Waals surface area contributed by atoms with Crippen molar-refractivity contribution in [1.29, 1.82) is 0 Å². The molecular weight excluding hydrogens is 691 g/mol. The van der Waals surface area contributed by atoms with E-state index >= 15 is 0 Å². The number of nitrogens with zero attached hydrogens (tertiary/aromatic N) is 2. The van der Waals surface area contributed by atoms with E-state index in [-0.39, 0.29) is 58.2 Å². The second-order valence-corrected chi connectivity index (χ2v) is 11.1. The molecule has 23 heteroatoms. The van der Waals surface area contributed by atoms with Crippen molar-refractivity contribution in [3.8, 4) is 0 Å². The second-order valence-electron chi connectivity index (χ2n) is 11.1. The first-order valence-electron chi connectivity index (χ1n) is 15.9. The number of halogens is 3. The number of aliphatic imine (C=N–C) groups is 1. The second kappa shape index (κ2) is 25.2. The molecule has 0 aromatic heterocycles. The first kappa shape index (κ1) is 46.2. The van der Waals surface area contributed by atoms with E-state index in [1.54, 1.807) is 0 Å². The van der Waals surface area contributed by atoms with Crippen LogP contribution in [0.1, 0.15) is 51.4 Å². The minimum Gasteiger partial charge on any atom is -0.475 e. The molecule has 0 aliphatic carbocycles. The van der Waals surface area contributed by atoms with Crippen LogP contribution in [0.3, 0.4) is 0 Å². The van der Waals surface area contributed by atoms with Gasteiger partial charge in [-0.25, -0.2) is 9.79 Å². The third-order valence-corrected chi connectivity index (χ3v) is 6.77. The Balaban J connectivity index is 0.00000321. The molecule has 0 unspecified atom stereocenters. The summed E-state index contributed by atoms with van der Waals surface area (Å²) in [6, 6.07) is -2.93. The molecule has 0 aromatic rings. The topological polar surface area (TPSA) is 329 Å². The summed E-state index contributed by atoms with van der Waals surface area (Å²) in [7, 11) is 1.38. The van der Waals surface area contributed by atoms with Crippen molar-refractivity contribution < 1.29 is 56.6 Å². The number of aliphatic carboxylic acids is 1. The molecule has 14 N–H and O–H groups in total. The fraction of sp³-hybridized carbons (Fsp3) is 0.714. The van der Waals surface area contributed by atoms with Crippen LogP contribution in [0.4, 0.5) is 13.2 Å². The van der Waals surface area contributed by atoms with Gasteiger partial charge in [0.05, 0.1) is 19.7 Å². The van der Waals surface area contributed by atoms with Crippen LogP contribution < -0.4 is 49.5 Å². The minimum absolute atomic E-state index is 0.0296. The Morgan fingerprint density at radius 2 is 1.45 bits per heavy atom. The molecule has 1 fully saturated rings. The summed E-state index contributed by atoms with van der Waals surface area (Å²) >= 11 is 0. The summed E-state index contributed by atoms with van der Waals surface area (Å²) in [6.45, 7) is -0.264. The number of carboxylic acids is 1. The minimum atomic E-state index is -5.08. The summed E-state index contributed by atoms with van der Waals surface area (Å²) in [6.07, 6.45) is -2.22. The monoisotopic (exact) mass is 741 g/mol. The third kappa shape index (κ3) is 21.8. The molecule has 1 aliphatic heterocycles. The summed E-state index contributed by atoms with van der Waals surface area (Å²) < 4.78 is 37.2. The van der Waals surface area contributed by atoms with Gasteiger partial charge in [0.25, 0.3) is 0 Å². The predicted molar refractivity (Wildman–Crippen MR) is 175 cm³/mol. The lowest BCUT2D eigenvalue weighted by atomic mass is 10.1. The van der Waals surface area contributed by atoms with Gasteiger partial charge in [0, 0.05) is 26.4 Å². The van der Waals surface area contributed by atoms with Crippen LogP contribution in [-0.2, 0) is 38.3 Å². The standard InChI is InChI=1S/C26H49N11O7.C2HF3O2/c1-37-15-22(40)32-14-21(39)31-12-8-20(38)34-18(7-3-5-11-28)24(42)35-17(6-2-4-10-27)23(41)33-16-44-13-9-19(25(37)43)36-26(29)30;3-2(4,5)1(6)7/h17-19H,2-16,27-28H2,1H3,(H,31,39)(H,32,40)(H,33,41)(H,34,38)(H,35,42)(H4,29,30,36);(H,6,7)/t17-,18-,19+;/m0./s1. The number of carbonyl (C=O) groups is 7. The van der Waals surface area contributed by atoms with Crippen molar-refractivity contribution in [2.75, 3.05) is 53.1 Å². The molecule has 1 aliphatic rings. The number of likely N-dealkylation sites (N-methyl/N-ethyl adjacent to an activating group) is 1. The molecule has 20 nitrogen and oxygen atoms in total. The molecule has 51 heavy (non-hydrogen) atoms. The molecule has 3 atom stereocenters. The first-order chi connectivity index (χ1) is 23.9. The van der Waals surface area contributed by atoms with Crippen LogP contribution in [-0.4, -0.2) is 135 Å². The van der Waals surface area contributed by atoms with Gasteiger partial charge in [-0.2, -0.15) is 13.2 Å². The maximum Gasteiger partial charge on any atom is 0.490 e. The van der Waals surface area contributed by atoms with Gasteiger partial charge in [-0.3, -0.25) is 28.8 Å². The van der Waals surface area contributed by atoms with Crippen molar-refractivity contribution in [1.82, 2.24) is 31.5 Å². The van der Waals surface area contributed by atoms with Crippen molar-refractivity contribution in [3.63, 3.8) is 0 Å². The highest BCUT2D eigenvalue weighted by Crippen LogP contribution is 2.13. The Kier molecular flexibility index (Phi) is 22.9. The van der Waals surface area contributed by atoms with E-state index in [2.05, 4.69) is 31.6 Å². The third-order valence-electron chi connectivity index (χ3n) is 6.77. The summed E-state index contributed by atoms with van der Waals surface area (Å²) in [4.78, 5) is 90.1. The van der Waals surface area contributed by atoms with Gasteiger partial charge >= 0.3 is 12.1 Å². The number of carboxylic acid groups (broad SMARTS) is 1. The zero-order chi connectivity index (χ0) is 39.0. The molecular formula is C28H50F3N11O9. The van der Waals surface area contributed by atoms with Gasteiger partial charge in [-0.15, -0.1) is 0 Å². The smallest absolute Gasteiger partial charge is 0.475 e. The highest BCUT2D eigenvalue weighted by Gasteiger charge is 2.38. The Morgan fingerprint density at radius 3 is 1.98 bits per heavy atom. The molecule has 0 aromatic carbocycles. The van der Waals surface area contributed by atoms with Crippen molar-refractivity contribution in [2.45, 2.75) is 75.7 Å². The van der Waals surface area contributed by atoms with Gasteiger partial charge < -0.3 is 64.3 Å². The summed E-state index contributed by atoms with van der Waals surface area (Å²) in [5.74, 6) is -6.38. The molecule has 0 saturated carbocycles. The molecule has 1 heterocycles. The van der Waals surface area contributed by atoms with Crippen LogP contribution in [0.25, 0.3) is 0 Å². The van der Waals surface area contributed by atoms with Crippen LogP contribution in [0.5, 0.6) is 0 Å². The number of carbonyl (C=O) groups excluding carboxylic acids is 6. The largest absolute Gasteiger partial charge is 0.490 e. The van der Waals surface area contributed by atoms with Gasteiger partial charge in [0.2, 0.25) is 35.4 Å². The van der Waals surface area contributed by atoms with Gasteiger partial charge in [-0.1, -0.05) is 0 Å². The maximum absolute atomic E-state index is 13.2. The highest BCUT2D eigenvalue weighted by molar-refractivity contribution is 5.93. The van der Waals surface area contributed by atoms with Gasteiger partial charge in [0.15, 0.2) is 5.96 Å². The zero-order valence-electron chi connectivity index (χ0n) is 28.4. The average Bonchev–Trinajstić information content (AvgIpc) is 3.04. The Labute approximate surface area is 292 Å². The van der Waals surface area contributed by atoms with Crippen molar-refractivity contribution >= 4 is 47.4 Å². The number of guanidine groups is 1. The number of nitrogens with one attached hydrogen (secondary N) is 5. The zero-order valence-corrected chi connectivity index (χ0v) is 28.4. The van der Waals surface area contributed by atoms with Crippen LogP contribution in [0, 0.1) is 0 Å². The molecule has 1 rings (SSSR count). The fourth-order valence-corrected chi connectivity index (χ4v) is 4.16. The fourth-order valence-electron chi connectivity index (χ4n) is 4.16. The molecule has 0 spiro atoms. The summed E-state index contributed by atoms with van der Waals surface area (Å²) in [5.41, 5.74) is 22.1. The maximum atomic E-state index is 13.2. The number of nitrogens with two attached hydrogens (primary N) is 4. The quantitative estimate of drug-likeness (QED) is 0.0614. The van der Waals surface area contributed by atoms with E-state index in [4.69, 9.17) is 37.6 Å². The number of unbranched alkanes of at least 4 members (excludes halogenated alkanes) is 2. The molecule has 6 amide bonds. The van der Waals surface area contributed by atoms with Gasteiger partial charge in [-0.05, 0) is 51.6 Å². The highest BCUT2D eigenvalue weighted by atomic mass is 19.4. The van der Waals surface area contributed by atoms with Crippen molar-refractivity contribution in [2.24, 2.45) is 27.9 Å². The normalized spacial score (nSPS) is 21.1. The number of amides is 6. The Hall–Kier alpha value is -4.77. The van der Waals surface area contributed by atoms with Gasteiger partial charge in [0.1, 0.15) is 24.9 Å². The number of ether oxygens (including phenoxy) is 1. The number of hydrogen-bond acceptors (Lipinski definition) is 11. The molecule has 1 saturated heterocycles. The predicted octanol–water partition coefficient (Wildman–Crippen LogP) is -3.94. The van der Waals surface area contributed by atoms with E-state index in [0.717, 1.165) is 4.90 Å².